The zero-order valence-electron chi connectivity index (χ0n) is 12.1. The highest BCUT2D eigenvalue weighted by atomic mass is 16.5. The fourth-order valence-corrected chi connectivity index (χ4v) is 2.07. The summed E-state index contributed by atoms with van der Waals surface area (Å²) >= 11 is 0. The Kier molecular flexibility index (Phi) is 4.96. The molecule has 2 heterocycles. The maximum Gasteiger partial charge on any atom is 0.225 e. The summed E-state index contributed by atoms with van der Waals surface area (Å²) in [6.45, 7) is 7.96. The van der Waals surface area contributed by atoms with Crippen molar-refractivity contribution in [3.8, 4) is 0 Å². The minimum atomic E-state index is 0.321. The van der Waals surface area contributed by atoms with Gasteiger partial charge in [-0.2, -0.15) is 4.98 Å². The van der Waals surface area contributed by atoms with Crippen LogP contribution in [0, 0.1) is 6.92 Å². The summed E-state index contributed by atoms with van der Waals surface area (Å²) in [4.78, 5) is 8.90. The molecule has 1 aromatic rings. The molecule has 0 saturated carbocycles. The molecule has 0 spiro atoms. The van der Waals surface area contributed by atoms with Crippen LogP contribution in [0.2, 0.25) is 0 Å². The Balaban J connectivity index is 1.95. The summed E-state index contributed by atoms with van der Waals surface area (Å²) in [6, 6.07) is 2.35. The number of aryl methyl sites for hydroxylation is 1. The molecular formula is C14H24N4O. The van der Waals surface area contributed by atoms with Crippen molar-refractivity contribution in [2.75, 3.05) is 23.8 Å². The average molecular weight is 264 g/mol. The number of ether oxygens (including phenoxy) is 1. The van der Waals surface area contributed by atoms with Crippen molar-refractivity contribution in [3.63, 3.8) is 0 Å². The standard InChI is InChI=1S/C14H24N4O/c1-4-10(2)16-14-17-11(3)8-13(18-14)15-9-12-6-5-7-19-12/h8,10,12H,4-7,9H2,1-3H3,(H2,15,16,17,18). The van der Waals surface area contributed by atoms with Crippen LogP contribution in [0.25, 0.3) is 0 Å². The first-order valence-electron chi connectivity index (χ1n) is 7.15. The number of nitrogens with one attached hydrogen (secondary N) is 2. The van der Waals surface area contributed by atoms with Crippen LogP contribution < -0.4 is 10.6 Å². The van der Waals surface area contributed by atoms with E-state index in [1.807, 2.05) is 13.0 Å². The van der Waals surface area contributed by atoms with Gasteiger partial charge in [0.15, 0.2) is 0 Å². The molecule has 2 atom stereocenters. The lowest BCUT2D eigenvalue weighted by molar-refractivity contribution is 0.120. The van der Waals surface area contributed by atoms with Crippen LogP contribution in [0.1, 0.15) is 38.8 Å². The molecule has 0 aliphatic carbocycles. The largest absolute Gasteiger partial charge is 0.376 e. The smallest absolute Gasteiger partial charge is 0.225 e. The van der Waals surface area contributed by atoms with E-state index in [-0.39, 0.29) is 0 Å². The normalized spacial score (nSPS) is 20.3. The summed E-state index contributed by atoms with van der Waals surface area (Å²) < 4.78 is 5.60. The van der Waals surface area contributed by atoms with Gasteiger partial charge >= 0.3 is 0 Å². The fraction of sp³-hybridized carbons (Fsp3) is 0.714. The van der Waals surface area contributed by atoms with Crippen LogP contribution in [0.15, 0.2) is 6.07 Å². The lowest BCUT2D eigenvalue weighted by atomic mass is 10.2. The van der Waals surface area contributed by atoms with Gasteiger partial charge < -0.3 is 15.4 Å². The van der Waals surface area contributed by atoms with Crippen molar-refractivity contribution in [2.24, 2.45) is 0 Å². The van der Waals surface area contributed by atoms with Gasteiger partial charge in [-0.25, -0.2) is 4.98 Å². The number of nitrogens with zero attached hydrogens (tertiary/aromatic N) is 2. The van der Waals surface area contributed by atoms with Crippen LogP contribution in [0.3, 0.4) is 0 Å². The molecule has 0 amide bonds. The highest BCUT2D eigenvalue weighted by molar-refractivity contribution is 5.42. The molecule has 1 aliphatic heterocycles. The van der Waals surface area contributed by atoms with E-state index in [0.717, 1.165) is 43.9 Å². The van der Waals surface area contributed by atoms with Crippen molar-refractivity contribution in [3.05, 3.63) is 11.8 Å². The first-order valence-corrected chi connectivity index (χ1v) is 7.15. The van der Waals surface area contributed by atoms with Gasteiger partial charge in [0, 0.05) is 31.0 Å². The van der Waals surface area contributed by atoms with Crippen LogP contribution in [-0.4, -0.2) is 35.3 Å². The molecule has 1 saturated heterocycles. The Labute approximate surface area is 115 Å². The summed E-state index contributed by atoms with van der Waals surface area (Å²) in [6.07, 6.45) is 3.67. The van der Waals surface area contributed by atoms with E-state index in [2.05, 4.69) is 34.4 Å². The Morgan fingerprint density at radius 2 is 2.32 bits per heavy atom. The number of rotatable bonds is 6. The van der Waals surface area contributed by atoms with Gasteiger partial charge in [-0.05, 0) is 33.1 Å². The monoisotopic (exact) mass is 264 g/mol. The summed E-state index contributed by atoms with van der Waals surface area (Å²) in [5.41, 5.74) is 0.968. The predicted molar refractivity (Wildman–Crippen MR) is 77.6 cm³/mol. The van der Waals surface area contributed by atoms with Gasteiger partial charge in [0.05, 0.1) is 6.10 Å². The van der Waals surface area contributed by atoms with E-state index in [4.69, 9.17) is 4.74 Å². The van der Waals surface area contributed by atoms with Crippen LogP contribution in [0.5, 0.6) is 0 Å². The number of hydrogen-bond acceptors (Lipinski definition) is 5. The Hall–Kier alpha value is -1.36. The van der Waals surface area contributed by atoms with E-state index in [1.54, 1.807) is 0 Å². The summed E-state index contributed by atoms with van der Waals surface area (Å²) in [5, 5.41) is 6.65. The van der Waals surface area contributed by atoms with Crippen LogP contribution in [-0.2, 0) is 4.74 Å². The molecule has 19 heavy (non-hydrogen) atoms. The van der Waals surface area contributed by atoms with Crippen LogP contribution >= 0.6 is 0 Å². The van der Waals surface area contributed by atoms with Gasteiger partial charge in [0.1, 0.15) is 5.82 Å². The molecular weight excluding hydrogens is 240 g/mol. The van der Waals surface area contributed by atoms with E-state index < -0.39 is 0 Å². The molecule has 2 N–H and O–H groups in total. The van der Waals surface area contributed by atoms with Crippen molar-refractivity contribution >= 4 is 11.8 Å². The third-order valence-corrected chi connectivity index (χ3v) is 3.38. The molecule has 106 valence electrons. The van der Waals surface area contributed by atoms with Gasteiger partial charge in [-0.15, -0.1) is 0 Å². The molecule has 1 aromatic heterocycles. The van der Waals surface area contributed by atoms with Crippen molar-refractivity contribution in [2.45, 2.75) is 52.2 Å². The maximum atomic E-state index is 5.60. The zero-order chi connectivity index (χ0) is 13.7. The van der Waals surface area contributed by atoms with E-state index in [1.165, 1.54) is 0 Å². The molecule has 0 radical (unpaired) electrons. The minimum Gasteiger partial charge on any atom is -0.376 e. The van der Waals surface area contributed by atoms with Gasteiger partial charge in [0.2, 0.25) is 5.95 Å². The Morgan fingerprint density at radius 1 is 1.47 bits per heavy atom. The molecule has 5 nitrogen and oxygen atoms in total. The highest BCUT2D eigenvalue weighted by Gasteiger charge is 2.15. The van der Waals surface area contributed by atoms with E-state index in [9.17, 15) is 0 Å². The van der Waals surface area contributed by atoms with Gasteiger partial charge in [-0.1, -0.05) is 6.92 Å². The third kappa shape index (κ3) is 4.35. The number of anilines is 2. The SMILES string of the molecule is CCC(C)Nc1nc(C)cc(NCC2CCCO2)n1. The predicted octanol–water partition coefficient (Wildman–Crippen LogP) is 2.59. The van der Waals surface area contributed by atoms with Crippen molar-refractivity contribution < 1.29 is 4.74 Å². The molecule has 0 aromatic carbocycles. The van der Waals surface area contributed by atoms with Gasteiger partial charge in [-0.3, -0.25) is 0 Å². The number of aromatic nitrogens is 2. The minimum absolute atomic E-state index is 0.321. The molecule has 5 heteroatoms. The second-order valence-electron chi connectivity index (χ2n) is 5.19. The molecule has 0 bridgehead atoms. The molecule has 1 aliphatic rings. The van der Waals surface area contributed by atoms with E-state index in [0.29, 0.717) is 18.1 Å². The quantitative estimate of drug-likeness (QED) is 0.827. The fourth-order valence-electron chi connectivity index (χ4n) is 2.07. The zero-order valence-corrected chi connectivity index (χ0v) is 12.1. The summed E-state index contributed by atoms with van der Waals surface area (Å²) in [7, 11) is 0. The second-order valence-corrected chi connectivity index (χ2v) is 5.19. The average Bonchev–Trinajstić information content (AvgIpc) is 2.88. The highest BCUT2D eigenvalue weighted by Crippen LogP contribution is 2.15. The van der Waals surface area contributed by atoms with Crippen molar-refractivity contribution in [1.82, 2.24) is 9.97 Å². The first-order chi connectivity index (χ1) is 9.17. The summed E-state index contributed by atoms with van der Waals surface area (Å²) in [5.74, 6) is 1.57. The molecule has 2 rings (SSSR count). The van der Waals surface area contributed by atoms with Crippen molar-refractivity contribution in [1.29, 1.82) is 0 Å². The maximum absolute atomic E-state index is 5.60. The molecule has 2 unspecified atom stereocenters. The molecule has 1 fully saturated rings. The van der Waals surface area contributed by atoms with Crippen LogP contribution in [0.4, 0.5) is 11.8 Å². The third-order valence-electron chi connectivity index (χ3n) is 3.38. The Bertz CT molecular complexity index is 404. The number of hydrogen-bond donors (Lipinski definition) is 2. The first kappa shape index (κ1) is 14.1. The van der Waals surface area contributed by atoms with E-state index >= 15 is 0 Å². The van der Waals surface area contributed by atoms with Gasteiger partial charge in [0.25, 0.3) is 0 Å². The topological polar surface area (TPSA) is 59.1 Å². The Morgan fingerprint density at radius 3 is 3.00 bits per heavy atom. The lowest BCUT2D eigenvalue weighted by Gasteiger charge is -2.15. The lowest BCUT2D eigenvalue weighted by Crippen LogP contribution is -2.20. The second kappa shape index (κ2) is 6.70.